The summed E-state index contributed by atoms with van der Waals surface area (Å²) in [6.07, 6.45) is 0. The summed E-state index contributed by atoms with van der Waals surface area (Å²) < 4.78 is 0. The molecule has 4 rings (SSSR count). The fraction of sp³-hybridized carbons (Fsp3) is 0. The van der Waals surface area contributed by atoms with Gasteiger partial charge < -0.3 is 0 Å². The molecule has 0 unspecified atom stereocenters. The number of nitrogens with one attached hydrogen (secondary N) is 1. The molecule has 0 aliphatic heterocycles. The van der Waals surface area contributed by atoms with E-state index in [1.54, 1.807) is 0 Å². The van der Waals surface area contributed by atoms with Crippen molar-refractivity contribution in [2.45, 2.75) is 0 Å². The first-order valence-corrected chi connectivity index (χ1v) is 6.34. The van der Waals surface area contributed by atoms with E-state index in [4.69, 9.17) is 0 Å². The Labute approximate surface area is 110 Å². The third kappa shape index (κ3) is 1.61. The molecule has 0 saturated heterocycles. The van der Waals surface area contributed by atoms with Crippen molar-refractivity contribution < 1.29 is 0 Å². The monoisotopic (exact) mass is 244 g/mol. The highest BCUT2D eigenvalue weighted by atomic mass is 15.1. The number of aromatic amines is 1. The molecule has 0 atom stereocenters. The van der Waals surface area contributed by atoms with Crippen LogP contribution < -0.4 is 0 Å². The van der Waals surface area contributed by atoms with Crippen LogP contribution in [0.3, 0.4) is 0 Å². The molecule has 3 aromatic carbocycles. The zero-order valence-corrected chi connectivity index (χ0v) is 10.3. The fourth-order valence-electron chi connectivity index (χ4n) is 2.52. The molecule has 2 nitrogen and oxygen atoms in total. The van der Waals surface area contributed by atoms with Gasteiger partial charge in [-0.2, -0.15) is 5.10 Å². The Kier molecular flexibility index (Phi) is 2.15. The molecular formula is C17H12N2. The van der Waals surface area contributed by atoms with Gasteiger partial charge in [0.15, 0.2) is 0 Å². The third-order valence-electron chi connectivity index (χ3n) is 3.48. The lowest BCUT2D eigenvalue weighted by Crippen LogP contribution is -1.78. The van der Waals surface area contributed by atoms with Gasteiger partial charge in [-0.3, -0.25) is 5.10 Å². The molecule has 0 amide bonds. The number of benzene rings is 3. The largest absolute Gasteiger partial charge is 0.277 e. The van der Waals surface area contributed by atoms with Gasteiger partial charge in [0, 0.05) is 10.9 Å². The summed E-state index contributed by atoms with van der Waals surface area (Å²) >= 11 is 0. The molecule has 2 heteroatoms. The number of hydrogen-bond donors (Lipinski definition) is 1. The first-order valence-electron chi connectivity index (χ1n) is 6.34. The van der Waals surface area contributed by atoms with Crippen LogP contribution in [0.5, 0.6) is 0 Å². The van der Waals surface area contributed by atoms with Crippen molar-refractivity contribution >= 4 is 21.7 Å². The van der Waals surface area contributed by atoms with Crippen molar-refractivity contribution in [1.29, 1.82) is 0 Å². The van der Waals surface area contributed by atoms with Crippen molar-refractivity contribution in [1.82, 2.24) is 10.2 Å². The van der Waals surface area contributed by atoms with E-state index in [0.717, 1.165) is 16.8 Å². The Bertz CT molecular complexity index is 860. The number of hydrogen-bond acceptors (Lipinski definition) is 1. The lowest BCUT2D eigenvalue weighted by atomic mass is 10.0. The van der Waals surface area contributed by atoms with Crippen molar-refractivity contribution in [3.05, 3.63) is 66.7 Å². The molecule has 0 bridgehead atoms. The van der Waals surface area contributed by atoms with E-state index in [9.17, 15) is 0 Å². The highest BCUT2D eigenvalue weighted by Crippen LogP contribution is 2.29. The van der Waals surface area contributed by atoms with Crippen LogP contribution in [0.2, 0.25) is 0 Å². The van der Waals surface area contributed by atoms with Crippen LogP contribution >= 0.6 is 0 Å². The number of nitrogens with zero attached hydrogens (tertiary/aromatic N) is 1. The number of aromatic nitrogens is 2. The standard InChI is InChI=1S/C17H12N2/c1-2-6-12(7-3-1)17-15-10-13-8-4-5-9-14(13)11-16(15)18-19-17/h1-11H,(H,18,19). The maximum absolute atomic E-state index is 4.46. The first kappa shape index (κ1) is 10.3. The molecule has 90 valence electrons. The Morgan fingerprint density at radius 3 is 2.21 bits per heavy atom. The molecule has 0 saturated carbocycles. The van der Waals surface area contributed by atoms with Crippen LogP contribution in [-0.4, -0.2) is 10.2 Å². The van der Waals surface area contributed by atoms with Crippen molar-refractivity contribution in [3.63, 3.8) is 0 Å². The Morgan fingerprint density at radius 1 is 0.737 bits per heavy atom. The maximum Gasteiger partial charge on any atom is 0.0999 e. The Morgan fingerprint density at radius 2 is 1.42 bits per heavy atom. The lowest BCUT2D eigenvalue weighted by molar-refractivity contribution is 1.12. The fourth-order valence-corrected chi connectivity index (χ4v) is 2.52. The van der Waals surface area contributed by atoms with Gasteiger partial charge in [0.25, 0.3) is 0 Å². The minimum Gasteiger partial charge on any atom is -0.277 e. The topological polar surface area (TPSA) is 28.7 Å². The summed E-state index contributed by atoms with van der Waals surface area (Å²) in [5.41, 5.74) is 3.24. The Hall–Kier alpha value is -2.61. The van der Waals surface area contributed by atoms with E-state index < -0.39 is 0 Å². The molecule has 19 heavy (non-hydrogen) atoms. The first-order chi connectivity index (χ1) is 9.42. The molecule has 0 aliphatic rings. The van der Waals surface area contributed by atoms with Crippen LogP contribution in [0.1, 0.15) is 0 Å². The highest BCUT2D eigenvalue weighted by molar-refractivity contribution is 6.02. The van der Waals surface area contributed by atoms with Crippen LogP contribution in [0.25, 0.3) is 32.9 Å². The molecule has 1 heterocycles. The third-order valence-corrected chi connectivity index (χ3v) is 3.48. The van der Waals surface area contributed by atoms with E-state index in [0.29, 0.717) is 0 Å². The van der Waals surface area contributed by atoms with Crippen LogP contribution in [0.4, 0.5) is 0 Å². The SMILES string of the molecule is c1ccc(-c2n[nH]c3cc4ccccc4cc23)cc1. The lowest BCUT2D eigenvalue weighted by Gasteiger charge is -2.00. The minimum atomic E-state index is 1.02. The molecule has 0 spiro atoms. The predicted molar refractivity (Wildman–Crippen MR) is 79.0 cm³/mol. The zero-order chi connectivity index (χ0) is 12.7. The van der Waals surface area contributed by atoms with Crippen molar-refractivity contribution in [2.75, 3.05) is 0 Å². The second-order valence-electron chi connectivity index (χ2n) is 4.68. The summed E-state index contributed by atoms with van der Waals surface area (Å²) in [6, 6.07) is 23.0. The van der Waals surface area contributed by atoms with Gasteiger partial charge in [-0.15, -0.1) is 0 Å². The summed E-state index contributed by atoms with van der Waals surface area (Å²) in [4.78, 5) is 0. The van der Waals surface area contributed by atoms with Gasteiger partial charge in [-0.1, -0.05) is 54.6 Å². The molecule has 1 aromatic heterocycles. The van der Waals surface area contributed by atoms with Gasteiger partial charge in [-0.05, 0) is 22.9 Å². The van der Waals surface area contributed by atoms with E-state index >= 15 is 0 Å². The quantitative estimate of drug-likeness (QED) is 0.528. The maximum atomic E-state index is 4.46. The van der Waals surface area contributed by atoms with E-state index in [1.165, 1.54) is 16.2 Å². The molecule has 0 fully saturated rings. The van der Waals surface area contributed by atoms with E-state index in [2.05, 4.69) is 58.7 Å². The molecule has 4 aromatic rings. The molecule has 0 radical (unpaired) electrons. The average molecular weight is 244 g/mol. The van der Waals surface area contributed by atoms with Gasteiger partial charge in [-0.25, -0.2) is 0 Å². The molecular weight excluding hydrogens is 232 g/mol. The summed E-state index contributed by atoms with van der Waals surface area (Å²) in [5.74, 6) is 0. The molecule has 1 N–H and O–H groups in total. The second-order valence-corrected chi connectivity index (χ2v) is 4.68. The average Bonchev–Trinajstić information content (AvgIpc) is 2.88. The minimum absolute atomic E-state index is 1.02. The van der Waals surface area contributed by atoms with Crippen molar-refractivity contribution in [3.8, 4) is 11.3 Å². The Balaban J connectivity index is 2.05. The summed E-state index contributed by atoms with van der Waals surface area (Å²) in [6.45, 7) is 0. The summed E-state index contributed by atoms with van der Waals surface area (Å²) in [5, 5.41) is 11.2. The van der Waals surface area contributed by atoms with E-state index in [-0.39, 0.29) is 0 Å². The second kappa shape index (κ2) is 3.95. The number of fused-ring (bicyclic) bond motifs is 2. The van der Waals surface area contributed by atoms with Gasteiger partial charge >= 0.3 is 0 Å². The van der Waals surface area contributed by atoms with Crippen LogP contribution in [-0.2, 0) is 0 Å². The van der Waals surface area contributed by atoms with Crippen molar-refractivity contribution in [2.24, 2.45) is 0 Å². The predicted octanol–water partition coefficient (Wildman–Crippen LogP) is 4.38. The van der Waals surface area contributed by atoms with Gasteiger partial charge in [0.05, 0.1) is 11.2 Å². The number of rotatable bonds is 1. The summed E-state index contributed by atoms with van der Waals surface area (Å²) in [7, 11) is 0. The normalized spacial score (nSPS) is 11.2. The molecule has 0 aliphatic carbocycles. The van der Waals surface area contributed by atoms with Crippen LogP contribution in [0.15, 0.2) is 66.7 Å². The smallest absolute Gasteiger partial charge is 0.0999 e. The van der Waals surface area contributed by atoms with Gasteiger partial charge in [0.2, 0.25) is 0 Å². The van der Waals surface area contributed by atoms with E-state index in [1.807, 2.05) is 18.2 Å². The van der Waals surface area contributed by atoms with Crippen LogP contribution in [0, 0.1) is 0 Å². The van der Waals surface area contributed by atoms with Gasteiger partial charge in [0.1, 0.15) is 0 Å². The highest BCUT2D eigenvalue weighted by Gasteiger charge is 2.08. The number of H-pyrrole nitrogens is 1. The zero-order valence-electron chi connectivity index (χ0n) is 10.3.